The molecule has 2 unspecified atom stereocenters. The lowest BCUT2D eigenvalue weighted by Crippen LogP contribution is -2.31. The van der Waals surface area contributed by atoms with E-state index in [4.69, 9.17) is 33.7 Å². The predicted molar refractivity (Wildman–Crippen MR) is 66.9 cm³/mol. The molecule has 1 saturated carbocycles. The van der Waals surface area contributed by atoms with Crippen molar-refractivity contribution in [2.45, 2.75) is 38.0 Å². The minimum absolute atomic E-state index is 0.162. The van der Waals surface area contributed by atoms with Gasteiger partial charge in [-0.15, -0.1) is 0 Å². The lowest BCUT2D eigenvalue weighted by atomic mass is 10.2. The summed E-state index contributed by atoms with van der Waals surface area (Å²) >= 11 is 12.0. The zero-order valence-corrected chi connectivity index (χ0v) is 10.5. The first kappa shape index (κ1) is 12.2. The highest BCUT2D eigenvalue weighted by atomic mass is 35.5. The van der Waals surface area contributed by atoms with Crippen LogP contribution in [0.15, 0.2) is 18.2 Å². The van der Waals surface area contributed by atoms with Crippen LogP contribution in [0.5, 0.6) is 0 Å². The van der Waals surface area contributed by atoms with Gasteiger partial charge in [-0.1, -0.05) is 35.3 Å². The predicted octanol–water partition coefficient (Wildman–Crippen LogP) is 3.39. The summed E-state index contributed by atoms with van der Waals surface area (Å²) in [5.41, 5.74) is 6.85. The van der Waals surface area contributed by atoms with Gasteiger partial charge in [0.2, 0.25) is 0 Å². The molecule has 2 N–H and O–H groups in total. The van der Waals surface area contributed by atoms with Gasteiger partial charge in [-0.25, -0.2) is 0 Å². The standard InChI is InChI=1S/C12H15Cl2NO/c13-9-4-1-3-8(12(9)14)7-16-11-6-2-5-10(11)15/h1,3-4,10-11H,2,5-7,15H2. The first-order chi connectivity index (χ1) is 7.68. The average molecular weight is 260 g/mol. The van der Waals surface area contributed by atoms with Gasteiger partial charge in [0.1, 0.15) is 0 Å². The SMILES string of the molecule is NC1CCCC1OCc1cccc(Cl)c1Cl. The zero-order valence-electron chi connectivity index (χ0n) is 8.96. The molecule has 2 atom stereocenters. The molecule has 0 amide bonds. The highest BCUT2D eigenvalue weighted by Crippen LogP contribution is 2.28. The van der Waals surface area contributed by atoms with Gasteiger partial charge < -0.3 is 10.5 Å². The third-order valence-corrected chi connectivity index (χ3v) is 3.85. The maximum Gasteiger partial charge on any atom is 0.0736 e. The molecule has 0 radical (unpaired) electrons. The molecule has 0 heterocycles. The van der Waals surface area contributed by atoms with Crippen molar-refractivity contribution in [1.29, 1.82) is 0 Å². The highest BCUT2D eigenvalue weighted by Gasteiger charge is 2.24. The molecule has 0 spiro atoms. The lowest BCUT2D eigenvalue weighted by Gasteiger charge is -2.17. The topological polar surface area (TPSA) is 35.2 Å². The summed E-state index contributed by atoms with van der Waals surface area (Å²) in [7, 11) is 0. The summed E-state index contributed by atoms with van der Waals surface area (Å²) in [5.74, 6) is 0. The molecule has 16 heavy (non-hydrogen) atoms. The van der Waals surface area contributed by atoms with Gasteiger partial charge in [0.05, 0.1) is 22.8 Å². The Morgan fingerprint density at radius 2 is 2.12 bits per heavy atom. The van der Waals surface area contributed by atoms with Gasteiger partial charge in [0, 0.05) is 6.04 Å². The van der Waals surface area contributed by atoms with Crippen LogP contribution in [0.4, 0.5) is 0 Å². The maximum atomic E-state index is 6.07. The molecular weight excluding hydrogens is 245 g/mol. The van der Waals surface area contributed by atoms with Crippen molar-refractivity contribution in [2.24, 2.45) is 5.73 Å². The normalized spacial score (nSPS) is 24.9. The summed E-state index contributed by atoms with van der Waals surface area (Å²) in [6, 6.07) is 5.74. The van der Waals surface area contributed by atoms with Crippen LogP contribution in [0, 0.1) is 0 Å². The Morgan fingerprint density at radius 1 is 1.31 bits per heavy atom. The van der Waals surface area contributed by atoms with Crippen LogP contribution >= 0.6 is 23.2 Å². The fourth-order valence-electron chi connectivity index (χ4n) is 2.02. The van der Waals surface area contributed by atoms with Crippen LogP contribution in [0.3, 0.4) is 0 Å². The van der Waals surface area contributed by atoms with Crippen LogP contribution in [0.2, 0.25) is 10.0 Å². The number of hydrogen-bond donors (Lipinski definition) is 1. The Hall–Kier alpha value is -0.280. The number of ether oxygens (including phenoxy) is 1. The van der Waals surface area contributed by atoms with Crippen molar-refractivity contribution >= 4 is 23.2 Å². The third-order valence-electron chi connectivity index (χ3n) is 2.99. The van der Waals surface area contributed by atoms with Crippen LogP contribution in [0.1, 0.15) is 24.8 Å². The summed E-state index contributed by atoms with van der Waals surface area (Å²) in [5, 5.41) is 1.15. The van der Waals surface area contributed by atoms with Crippen molar-refractivity contribution in [1.82, 2.24) is 0 Å². The van der Waals surface area contributed by atoms with E-state index in [1.54, 1.807) is 6.07 Å². The van der Waals surface area contributed by atoms with Crippen LogP contribution in [0.25, 0.3) is 0 Å². The van der Waals surface area contributed by atoms with E-state index in [1.165, 1.54) is 0 Å². The van der Waals surface area contributed by atoms with Crippen LogP contribution in [-0.4, -0.2) is 12.1 Å². The molecule has 0 aliphatic heterocycles. The van der Waals surface area contributed by atoms with Gasteiger partial charge in [0.15, 0.2) is 0 Å². The number of nitrogens with two attached hydrogens (primary N) is 1. The van der Waals surface area contributed by atoms with E-state index in [-0.39, 0.29) is 12.1 Å². The lowest BCUT2D eigenvalue weighted by molar-refractivity contribution is 0.0358. The van der Waals surface area contributed by atoms with Crippen LogP contribution < -0.4 is 5.73 Å². The highest BCUT2D eigenvalue weighted by molar-refractivity contribution is 6.42. The van der Waals surface area contributed by atoms with Gasteiger partial charge in [-0.2, -0.15) is 0 Å². The fourth-order valence-corrected chi connectivity index (χ4v) is 2.39. The molecule has 4 heteroatoms. The Morgan fingerprint density at radius 3 is 2.81 bits per heavy atom. The monoisotopic (exact) mass is 259 g/mol. The van der Waals surface area contributed by atoms with E-state index < -0.39 is 0 Å². The smallest absolute Gasteiger partial charge is 0.0736 e. The molecule has 1 fully saturated rings. The van der Waals surface area contributed by atoms with E-state index in [0.29, 0.717) is 16.7 Å². The molecule has 0 aromatic heterocycles. The molecule has 0 saturated heterocycles. The summed E-state index contributed by atoms with van der Waals surface area (Å²) in [4.78, 5) is 0. The molecule has 1 aromatic rings. The largest absolute Gasteiger partial charge is 0.372 e. The van der Waals surface area contributed by atoms with Crippen molar-refractivity contribution in [2.75, 3.05) is 0 Å². The first-order valence-electron chi connectivity index (χ1n) is 5.48. The number of rotatable bonds is 3. The van der Waals surface area contributed by atoms with E-state index >= 15 is 0 Å². The maximum absolute atomic E-state index is 6.07. The second-order valence-corrected chi connectivity index (χ2v) is 4.94. The Kier molecular flexibility index (Phi) is 4.09. The minimum Gasteiger partial charge on any atom is -0.372 e. The number of benzene rings is 1. The quantitative estimate of drug-likeness (QED) is 0.904. The minimum atomic E-state index is 0.162. The van der Waals surface area contributed by atoms with Gasteiger partial charge in [-0.05, 0) is 30.9 Å². The molecule has 1 aliphatic carbocycles. The Labute approximate surface area is 106 Å². The average Bonchev–Trinajstić information content (AvgIpc) is 2.67. The van der Waals surface area contributed by atoms with Crippen molar-refractivity contribution in [3.05, 3.63) is 33.8 Å². The molecule has 1 aliphatic rings. The number of halogens is 2. The second kappa shape index (κ2) is 5.37. The van der Waals surface area contributed by atoms with Crippen molar-refractivity contribution < 1.29 is 4.74 Å². The number of hydrogen-bond acceptors (Lipinski definition) is 2. The fraction of sp³-hybridized carbons (Fsp3) is 0.500. The Balaban J connectivity index is 1.96. The molecule has 0 bridgehead atoms. The zero-order chi connectivity index (χ0) is 11.5. The van der Waals surface area contributed by atoms with Crippen LogP contribution in [-0.2, 0) is 11.3 Å². The summed E-state index contributed by atoms with van der Waals surface area (Å²) in [6.07, 6.45) is 3.40. The molecular formula is C12H15Cl2NO. The first-order valence-corrected chi connectivity index (χ1v) is 6.24. The molecule has 2 nitrogen and oxygen atoms in total. The molecule has 2 rings (SSSR count). The van der Waals surface area contributed by atoms with Crippen molar-refractivity contribution in [3.8, 4) is 0 Å². The van der Waals surface area contributed by atoms with Gasteiger partial charge in [-0.3, -0.25) is 0 Å². The van der Waals surface area contributed by atoms with Gasteiger partial charge in [0.25, 0.3) is 0 Å². The molecule has 88 valence electrons. The van der Waals surface area contributed by atoms with Gasteiger partial charge >= 0.3 is 0 Å². The summed E-state index contributed by atoms with van der Waals surface area (Å²) < 4.78 is 5.77. The second-order valence-electron chi connectivity index (χ2n) is 4.16. The van der Waals surface area contributed by atoms with Crippen molar-refractivity contribution in [3.63, 3.8) is 0 Å². The van der Waals surface area contributed by atoms with E-state index in [9.17, 15) is 0 Å². The van der Waals surface area contributed by atoms with E-state index in [0.717, 1.165) is 24.8 Å². The molecule has 1 aromatic carbocycles. The van der Waals surface area contributed by atoms with E-state index in [1.807, 2.05) is 12.1 Å². The van der Waals surface area contributed by atoms with E-state index in [2.05, 4.69) is 0 Å². The third kappa shape index (κ3) is 2.69. The Bertz CT molecular complexity index is 370. The summed E-state index contributed by atoms with van der Waals surface area (Å²) in [6.45, 7) is 0.484.